The summed E-state index contributed by atoms with van der Waals surface area (Å²) in [6, 6.07) is 9.81. The van der Waals surface area contributed by atoms with Gasteiger partial charge in [-0.1, -0.05) is 36.4 Å². The Labute approximate surface area is 83.2 Å². The number of carbonyl (C=O) groups is 1. The molecule has 0 radical (unpaired) electrons. The zero-order valence-electron chi connectivity index (χ0n) is 8.07. The lowest BCUT2D eigenvalue weighted by atomic mass is 9.91. The molecule has 0 aliphatic carbocycles. The van der Waals surface area contributed by atoms with E-state index in [-0.39, 0.29) is 5.97 Å². The van der Waals surface area contributed by atoms with Crippen molar-refractivity contribution in [2.24, 2.45) is 0 Å². The van der Waals surface area contributed by atoms with Crippen molar-refractivity contribution in [2.45, 2.75) is 18.9 Å². The molecular weight excluding hydrogens is 176 g/mol. The molecule has 0 saturated heterocycles. The third kappa shape index (κ3) is 1.55. The summed E-state index contributed by atoms with van der Waals surface area (Å²) < 4.78 is 5.33. The molecule has 1 aliphatic rings. The predicted octanol–water partition coefficient (Wildman–Crippen LogP) is 2.40. The third-order valence-corrected chi connectivity index (χ3v) is 2.47. The second kappa shape index (κ2) is 3.29. The number of ether oxygens (including phenoxy) is 1. The smallest absolute Gasteiger partial charge is 0.331 e. The highest BCUT2D eigenvalue weighted by Gasteiger charge is 2.31. The van der Waals surface area contributed by atoms with E-state index in [9.17, 15) is 4.79 Å². The fraction of sp³-hybridized carbons (Fsp3) is 0.250. The minimum absolute atomic E-state index is 0.261. The van der Waals surface area contributed by atoms with Gasteiger partial charge < -0.3 is 4.74 Å². The molecule has 0 N–H and O–H groups in total. The van der Waals surface area contributed by atoms with E-state index in [2.05, 4.69) is 0 Å². The lowest BCUT2D eigenvalue weighted by Gasteiger charge is -2.30. The van der Waals surface area contributed by atoms with Crippen molar-refractivity contribution in [2.75, 3.05) is 0 Å². The predicted molar refractivity (Wildman–Crippen MR) is 53.6 cm³/mol. The Kier molecular flexibility index (Phi) is 2.12. The van der Waals surface area contributed by atoms with Crippen molar-refractivity contribution in [3.63, 3.8) is 0 Å². The first-order valence-electron chi connectivity index (χ1n) is 4.66. The van der Waals surface area contributed by atoms with Gasteiger partial charge >= 0.3 is 5.97 Å². The summed E-state index contributed by atoms with van der Waals surface area (Å²) >= 11 is 0. The van der Waals surface area contributed by atoms with Crippen LogP contribution >= 0.6 is 0 Å². The van der Waals surface area contributed by atoms with Gasteiger partial charge in [0.1, 0.15) is 5.60 Å². The fourth-order valence-electron chi connectivity index (χ4n) is 1.65. The first-order chi connectivity index (χ1) is 6.71. The topological polar surface area (TPSA) is 26.3 Å². The van der Waals surface area contributed by atoms with Gasteiger partial charge in [-0.2, -0.15) is 0 Å². The van der Waals surface area contributed by atoms with Crippen molar-refractivity contribution in [3.05, 3.63) is 48.0 Å². The Balaban J connectivity index is 2.34. The van der Waals surface area contributed by atoms with Gasteiger partial charge in [-0.25, -0.2) is 4.79 Å². The summed E-state index contributed by atoms with van der Waals surface area (Å²) in [7, 11) is 0. The molecule has 2 nitrogen and oxygen atoms in total. The summed E-state index contributed by atoms with van der Waals surface area (Å²) in [5.41, 5.74) is 0.547. The minimum Gasteiger partial charge on any atom is -0.451 e. The molecule has 2 rings (SSSR count). The van der Waals surface area contributed by atoms with Crippen LogP contribution in [0.5, 0.6) is 0 Å². The molecule has 0 fully saturated rings. The molecule has 0 aromatic heterocycles. The number of hydrogen-bond donors (Lipinski definition) is 0. The second-order valence-electron chi connectivity index (χ2n) is 3.62. The summed E-state index contributed by atoms with van der Waals surface area (Å²) in [5, 5.41) is 0. The Morgan fingerprint density at radius 2 is 2.00 bits per heavy atom. The number of carbonyl (C=O) groups excluding carboxylic acids is 1. The molecule has 1 atom stereocenters. The van der Waals surface area contributed by atoms with Crippen molar-refractivity contribution in [3.8, 4) is 0 Å². The number of hydrogen-bond acceptors (Lipinski definition) is 2. The van der Waals surface area contributed by atoms with E-state index in [1.54, 1.807) is 0 Å². The number of rotatable bonds is 1. The van der Waals surface area contributed by atoms with Crippen LogP contribution in [0.2, 0.25) is 0 Å². The minimum atomic E-state index is -0.493. The second-order valence-corrected chi connectivity index (χ2v) is 3.62. The number of cyclic esters (lactones) is 1. The zero-order valence-corrected chi connectivity index (χ0v) is 8.07. The lowest BCUT2D eigenvalue weighted by molar-refractivity contribution is -0.154. The summed E-state index contributed by atoms with van der Waals surface area (Å²) in [6.07, 6.45) is 4.08. The SMILES string of the molecule is CC1(c2ccccc2)CC=CC(=O)O1. The van der Waals surface area contributed by atoms with Gasteiger partial charge in [-0.15, -0.1) is 0 Å². The molecule has 72 valence electrons. The van der Waals surface area contributed by atoms with Crippen LogP contribution < -0.4 is 0 Å². The summed E-state index contributed by atoms with van der Waals surface area (Å²) in [6.45, 7) is 1.93. The molecule has 14 heavy (non-hydrogen) atoms. The van der Waals surface area contributed by atoms with Gasteiger partial charge in [0, 0.05) is 12.5 Å². The first-order valence-corrected chi connectivity index (χ1v) is 4.66. The van der Waals surface area contributed by atoms with E-state index in [4.69, 9.17) is 4.74 Å². The summed E-state index contributed by atoms with van der Waals surface area (Å²) in [4.78, 5) is 11.1. The van der Waals surface area contributed by atoms with Crippen molar-refractivity contribution in [1.29, 1.82) is 0 Å². The normalized spacial score (nSPS) is 25.9. The lowest BCUT2D eigenvalue weighted by Crippen LogP contribution is -2.30. The van der Waals surface area contributed by atoms with Crippen molar-refractivity contribution in [1.82, 2.24) is 0 Å². The van der Waals surface area contributed by atoms with Gasteiger partial charge in [0.2, 0.25) is 0 Å². The van der Waals surface area contributed by atoms with Crippen LogP contribution in [-0.2, 0) is 15.1 Å². The Bertz CT molecular complexity index is 367. The molecular formula is C12H12O2. The van der Waals surface area contributed by atoms with Crippen molar-refractivity contribution < 1.29 is 9.53 Å². The fourth-order valence-corrected chi connectivity index (χ4v) is 1.65. The Morgan fingerprint density at radius 1 is 1.29 bits per heavy atom. The zero-order chi connectivity index (χ0) is 10.0. The highest BCUT2D eigenvalue weighted by molar-refractivity contribution is 5.83. The molecule has 1 unspecified atom stereocenters. The molecule has 0 spiro atoms. The Morgan fingerprint density at radius 3 is 2.64 bits per heavy atom. The van der Waals surface area contributed by atoms with Crippen LogP contribution in [0.25, 0.3) is 0 Å². The monoisotopic (exact) mass is 188 g/mol. The molecule has 1 aliphatic heterocycles. The van der Waals surface area contributed by atoms with Crippen LogP contribution in [0.4, 0.5) is 0 Å². The molecule has 1 aromatic rings. The maximum atomic E-state index is 11.1. The average molecular weight is 188 g/mol. The third-order valence-electron chi connectivity index (χ3n) is 2.47. The van der Waals surface area contributed by atoms with Gasteiger partial charge in [0.05, 0.1) is 0 Å². The maximum Gasteiger partial charge on any atom is 0.331 e. The van der Waals surface area contributed by atoms with Gasteiger partial charge in [-0.3, -0.25) is 0 Å². The molecule has 1 aromatic carbocycles. The molecule has 0 amide bonds. The highest BCUT2D eigenvalue weighted by Crippen LogP contribution is 2.31. The van der Waals surface area contributed by atoms with Crippen LogP contribution in [-0.4, -0.2) is 5.97 Å². The molecule has 1 heterocycles. The highest BCUT2D eigenvalue weighted by atomic mass is 16.6. The van der Waals surface area contributed by atoms with E-state index < -0.39 is 5.60 Å². The number of esters is 1. The standard InChI is InChI=1S/C12H12O2/c1-12(9-5-8-11(13)14-12)10-6-3-2-4-7-10/h2-8H,9H2,1H3. The molecule has 0 saturated carbocycles. The van der Waals surface area contributed by atoms with Crippen LogP contribution in [0.1, 0.15) is 18.9 Å². The van der Waals surface area contributed by atoms with E-state index in [0.717, 1.165) is 12.0 Å². The van der Waals surface area contributed by atoms with Gasteiger partial charge in [-0.05, 0) is 12.5 Å². The van der Waals surface area contributed by atoms with Gasteiger partial charge in [0.25, 0.3) is 0 Å². The van der Waals surface area contributed by atoms with E-state index >= 15 is 0 Å². The van der Waals surface area contributed by atoms with Crippen molar-refractivity contribution >= 4 is 5.97 Å². The maximum absolute atomic E-state index is 11.1. The van der Waals surface area contributed by atoms with Crippen LogP contribution in [0.3, 0.4) is 0 Å². The summed E-state index contributed by atoms with van der Waals surface area (Å²) in [5.74, 6) is -0.261. The molecule has 2 heteroatoms. The Hall–Kier alpha value is -1.57. The van der Waals surface area contributed by atoms with E-state index in [1.165, 1.54) is 6.08 Å². The van der Waals surface area contributed by atoms with E-state index in [1.807, 2.05) is 43.3 Å². The van der Waals surface area contributed by atoms with E-state index in [0.29, 0.717) is 0 Å². The first kappa shape index (κ1) is 9.00. The van der Waals surface area contributed by atoms with Crippen LogP contribution in [0, 0.1) is 0 Å². The molecule has 0 bridgehead atoms. The van der Waals surface area contributed by atoms with Gasteiger partial charge in [0.15, 0.2) is 0 Å². The van der Waals surface area contributed by atoms with Crippen LogP contribution in [0.15, 0.2) is 42.5 Å². The largest absolute Gasteiger partial charge is 0.451 e. The quantitative estimate of drug-likeness (QED) is 0.632. The number of benzene rings is 1. The average Bonchev–Trinajstić information content (AvgIpc) is 2.19.